The molecule has 4 nitrogen and oxygen atoms in total. The smallest absolute Gasteiger partial charge is 0.362 e. The van der Waals surface area contributed by atoms with Crippen molar-refractivity contribution >= 4 is 5.82 Å². The Bertz CT molecular complexity index is 436. The van der Waals surface area contributed by atoms with Crippen LogP contribution >= 0.6 is 0 Å². The number of anilines is 1. The van der Waals surface area contributed by atoms with Gasteiger partial charge < -0.3 is 11.1 Å². The summed E-state index contributed by atoms with van der Waals surface area (Å²) in [5, 5.41) is 10.0. The minimum atomic E-state index is -4.46. The molecule has 0 aliphatic heterocycles. The Morgan fingerprint density at radius 2 is 1.95 bits per heavy atom. The number of rotatable bonds is 3. The molecule has 112 valence electrons. The van der Waals surface area contributed by atoms with Gasteiger partial charge in [-0.2, -0.15) is 13.2 Å². The summed E-state index contributed by atoms with van der Waals surface area (Å²) >= 11 is 0. The third kappa shape index (κ3) is 3.39. The van der Waals surface area contributed by atoms with Crippen LogP contribution in [0.3, 0.4) is 0 Å². The molecular formula is C13H19F3N4. The van der Waals surface area contributed by atoms with Crippen molar-refractivity contribution in [1.82, 2.24) is 10.2 Å². The number of hydrogen-bond acceptors (Lipinski definition) is 4. The topological polar surface area (TPSA) is 63.8 Å². The van der Waals surface area contributed by atoms with E-state index in [9.17, 15) is 13.2 Å². The van der Waals surface area contributed by atoms with Gasteiger partial charge in [-0.15, -0.1) is 10.2 Å². The third-order valence-corrected chi connectivity index (χ3v) is 3.97. The van der Waals surface area contributed by atoms with E-state index in [1.54, 1.807) is 0 Å². The minimum absolute atomic E-state index is 0.277. The first-order valence-corrected chi connectivity index (χ1v) is 6.74. The quantitative estimate of drug-likeness (QED) is 0.897. The highest BCUT2D eigenvalue weighted by Crippen LogP contribution is 2.34. The second-order valence-electron chi connectivity index (χ2n) is 5.59. The van der Waals surface area contributed by atoms with Crippen molar-refractivity contribution in [3.05, 3.63) is 17.8 Å². The van der Waals surface area contributed by atoms with Gasteiger partial charge in [0, 0.05) is 6.54 Å². The van der Waals surface area contributed by atoms with E-state index < -0.39 is 11.9 Å². The normalized spacial score (nSPS) is 27.4. The van der Waals surface area contributed by atoms with Gasteiger partial charge in [0.25, 0.3) is 0 Å². The average Bonchev–Trinajstić information content (AvgIpc) is 2.41. The van der Waals surface area contributed by atoms with Crippen molar-refractivity contribution in [2.24, 2.45) is 11.7 Å². The Balaban J connectivity index is 2.08. The molecule has 0 unspecified atom stereocenters. The molecule has 2 rings (SSSR count). The molecule has 1 aliphatic rings. The second-order valence-corrected chi connectivity index (χ2v) is 5.59. The predicted molar refractivity (Wildman–Crippen MR) is 70.1 cm³/mol. The lowest BCUT2D eigenvalue weighted by Crippen LogP contribution is -2.48. The van der Waals surface area contributed by atoms with E-state index in [0.29, 0.717) is 18.3 Å². The van der Waals surface area contributed by atoms with E-state index >= 15 is 0 Å². The van der Waals surface area contributed by atoms with Crippen LogP contribution in [-0.4, -0.2) is 22.3 Å². The van der Waals surface area contributed by atoms with Gasteiger partial charge in [0.2, 0.25) is 0 Å². The number of nitrogens with two attached hydrogens (primary N) is 1. The molecule has 0 saturated heterocycles. The van der Waals surface area contributed by atoms with Crippen LogP contribution in [0.5, 0.6) is 0 Å². The summed E-state index contributed by atoms with van der Waals surface area (Å²) in [7, 11) is 0. The van der Waals surface area contributed by atoms with Crippen molar-refractivity contribution in [3.8, 4) is 0 Å². The fourth-order valence-electron chi connectivity index (χ4n) is 2.52. The summed E-state index contributed by atoms with van der Waals surface area (Å²) in [6.07, 6.45) is -0.561. The van der Waals surface area contributed by atoms with Crippen LogP contribution in [-0.2, 0) is 6.18 Å². The van der Waals surface area contributed by atoms with Gasteiger partial charge in [-0.05, 0) is 43.7 Å². The Morgan fingerprint density at radius 3 is 2.40 bits per heavy atom. The van der Waals surface area contributed by atoms with Crippen LogP contribution in [0.15, 0.2) is 12.1 Å². The Labute approximate surface area is 116 Å². The Hall–Kier alpha value is -1.37. The zero-order chi connectivity index (χ0) is 14.8. The lowest BCUT2D eigenvalue weighted by Gasteiger charge is -2.39. The summed E-state index contributed by atoms with van der Waals surface area (Å²) in [4.78, 5) is 0. The minimum Gasteiger partial charge on any atom is -0.362 e. The highest BCUT2D eigenvalue weighted by molar-refractivity contribution is 5.37. The largest absolute Gasteiger partial charge is 0.435 e. The van der Waals surface area contributed by atoms with E-state index in [1.165, 1.54) is 6.07 Å². The molecule has 1 fully saturated rings. The van der Waals surface area contributed by atoms with E-state index in [-0.39, 0.29) is 5.54 Å². The number of halogens is 3. The molecule has 0 amide bonds. The molecule has 0 atom stereocenters. The van der Waals surface area contributed by atoms with Crippen LogP contribution in [0.1, 0.15) is 38.3 Å². The monoisotopic (exact) mass is 288 g/mol. The molecule has 0 bridgehead atoms. The van der Waals surface area contributed by atoms with Crippen molar-refractivity contribution in [2.75, 3.05) is 11.9 Å². The van der Waals surface area contributed by atoms with Gasteiger partial charge >= 0.3 is 6.18 Å². The van der Waals surface area contributed by atoms with Crippen LogP contribution in [0, 0.1) is 5.92 Å². The number of alkyl halides is 3. The zero-order valence-electron chi connectivity index (χ0n) is 11.4. The number of nitrogens with zero attached hydrogens (tertiary/aromatic N) is 2. The van der Waals surface area contributed by atoms with Crippen LogP contribution < -0.4 is 11.1 Å². The summed E-state index contributed by atoms with van der Waals surface area (Å²) in [6.45, 7) is 2.63. The molecule has 1 aromatic rings. The van der Waals surface area contributed by atoms with Crippen molar-refractivity contribution in [3.63, 3.8) is 0 Å². The summed E-state index contributed by atoms with van der Waals surface area (Å²) in [5.41, 5.74) is 4.58. The lowest BCUT2D eigenvalue weighted by atomic mass is 9.77. The lowest BCUT2D eigenvalue weighted by molar-refractivity contribution is -0.141. The summed E-state index contributed by atoms with van der Waals surface area (Å²) < 4.78 is 37.3. The molecule has 0 radical (unpaired) electrons. The molecule has 0 aromatic carbocycles. The first-order valence-electron chi connectivity index (χ1n) is 6.74. The molecule has 1 aromatic heterocycles. The Morgan fingerprint density at radius 1 is 1.30 bits per heavy atom. The fourth-order valence-corrected chi connectivity index (χ4v) is 2.52. The van der Waals surface area contributed by atoms with Crippen molar-refractivity contribution in [1.29, 1.82) is 0 Å². The average molecular weight is 288 g/mol. The summed E-state index contributed by atoms with van der Waals surface area (Å²) in [6, 6.07) is 2.25. The zero-order valence-corrected chi connectivity index (χ0v) is 11.4. The number of aromatic nitrogens is 2. The first kappa shape index (κ1) is 15.0. The van der Waals surface area contributed by atoms with Gasteiger partial charge in [-0.1, -0.05) is 6.92 Å². The molecule has 1 heterocycles. The van der Waals surface area contributed by atoms with E-state index in [2.05, 4.69) is 22.4 Å². The van der Waals surface area contributed by atoms with Gasteiger partial charge in [0.05, 0.1) is 5.54 Å². The molecular weight excluding hydrogens is 269 g/mol. The fraction of sp³-hybridized carbons (Fsp3) is 0.692. The van der Waals surface area contributed by atoms with E-state index in [0.717, 1.165) is 31.7 Å². The first-order chi connectivity index (χ1) is 9.35. The van der Waals surface area contributed by atoms with Crippen LogP contribution in [0.4, 0.5) is 19.0 Å². The van der Waals surface area contributed by atoms with Crippen molar-refractivity contribution < 1.29 is 13.2 Å². The van der Waals surface area contributed by atoms with Gasteiger partial charge in [-0.3, -0.25) is 0 Å². The second kappa shape index (κ2) is 5.55. The number of nitrogens with one attached hydrogen (secondary N) is 1. The SMILES string of the molecule is CC1CCC(CN)(Nc2ccc(C(F)(F)F)nn2)CC1. The standard InChI is InChI=1S/C13H19F3N4/c1-9-4-6-12(8-17,7-5-9)18-11-3-2-10(19-20-11)13(14,15)16/h2-3,9H,4-8,17H2,1H3,(H,18,20). The van der Waals surface area contributed by atoms with Gasteiger partial charge in [0.15, 0.2) is 5.69 Å². The van der Waals surface area contributed by atoms with Crippen molar-refractivity contribution in [2.45, 2.75) is 44.3 Å². The molecule has 0 spiro atoms. The van der Waals surface area contributed by atoms with Gasteiger partial charge in [-0.25, -0.2) is 0 Å². The van der Waals surface area contributed by atoms with Gasteiger partial charge in [0.1, 0.15) is 5.82 Å². The maximum Gasteiger partial charge on any atom is 0.435 e. The maximum absolute atomic E-state index is 12.4. The molecule has 1 saturated carbocycles. The molecule has 1 aliphatic carbocycles. The molecule has 7 heteroatoms. The maximum atomic E-state index is 12.4. The van der Waals surface area contributed by atoms with Crippen LogP contribution in [0.2, 0.25) is 0 Å². The molecule has 3 N–H and O–H groups in total. The van der Waals surface area contributed by atoms with Crippen LogP contribution in [0.25, 0.3) is 0 Å². The third-order valence-electron chi connectivity index (χ3n) is 3.97. The number of hydrogen-bond donors (Lipinski definition) is 2. The highest BCUT2D eigenvalue weighted by Gasteiger charge is 2.35. The molecule has 20 heavy (non-hydrogen) atoms. The highest BCUT2D eigenvalue weighted by atomic mass is 19.4. The predicted octanol–water partition coefficient (Wildman–Crippen LogP) is 2.81. The Kier molecular flexibility index (Phi) is 4.17. The van der Waals surface area contributed by atoms with E-state index in [4.69, 9.17) is 5.73 Å². The summed E-state index contributed by atoms with van der Waals surface area (Å²) in [5.74, 6) is 1.01. The van der Waals surface area contributed by atoms with E-state index in [1.807, 2.05) is 0 Å².